The van der Waals surface area contributed by atoms with E-state index in [2.05, 4.69) is 15.0 Å². The third-order valence-electron chi connectivity index (χ3n) is 6.07. The van der Waals surface area contributed by atoms with Gasteiger partial charge in [-0.25, -0.2) is 13.8 Å². The van der Waals surface area contributed by atoms with E-state index in [1.54, 1.807) is 25.1 Å². The third kappa shape index (κ3) is 4.90. The van der Waals surface area contributed by atoms with Gasteiger partial charge < -0.3 is 9.47 Å². The Morgan fingerprint density at radius 2 is 1.79 bits per heavy atom. The summed E-state index contributed by atoms with van der Waals surface area (Å²) >= 11 is 0. The Morgan fingerprint density at radius 1 is 1.00 bits per heavy atom. The summed E-state index contributed by atoms with van der Waals surface area (Å²) < 4.78 is 39.2. The molecular formula is C29H21F2N3O4. The van der Waals surface area contributed by atoms with Gasteiger partial charge in [0.2, 0.25) is 5.78 Å². The van der Waals surface area contributed by atoms with Gasteiger partial charge in [-0.15, -0.1) is 0 Å². The molecule has 0 atom stereocenters. The van der Waals surface area contributed by atoms with Crippen LogP contribution in [-0.2, 0) is 16.0 Å². The maximum absolute atomic E-state index is 15.0. The first-order chi connectivity index (χ1) is 18.3. The summed E-state index contributed by atoms with van der Waals surface area (Å²) in [6, 6.07) is 12.9. The molecule has 38 heavy (non-hydrogen) atoms. The number of hydrogen-bond acceptors (Lipinski definition) is 7. The standard InChI is InChI=1S/C29H21F2N3O4/c1-16-14-33-28(29(36)26(16)18-4-6-19(30)7-5-18)23(35)12-17-3-8-24(21(31)11-17)38-25-9-10-32-22-13-20(37-2)15-34-27(22)25/h3-11,13,15H,12,14H2,1-2H3. The molecule has 0 radical (unpaired) electrons. The minimum absolute atomic E-state index is 0.0606. The molecule has 1 aliphatic rings. The van der Waals surface area contributed by atoms with E-state index < -0.39 is 23.2 Å². The highest BCUT2D eigenvalue weighted by Crippen LogP contribution is 2.31. The molecule has 7 nitrogen and oxygen atoms in total. The fourth-order valence-corrected chi connectivity index (χ4v) is 4.18. The van der Waals surface area contributed by atoms with Crippen molar-refractivity contribution in [1.29, 1.82) is 0 Å². The number of fused-ring (bicyclic) bond motifs is 1. The van der Waals surface area contributed by atoms with Gasteiger partial charge in [-0.3, -0.25) is 19.6 Å². The van der Waals surface area contributed by atoms with Crippen LogP contribution in [0.15, 0.2) is 77.6 Å². The number of halogens is 2. The number of aromatic nitrogens is 2. The summed E-state index contributed by atoms with van der Waals surface area (Å²) in [6.45, 7) is 1.91. The van der Waals surface area contributed by atoms with Crippen molar-refractivity contribution in [2.75, 3.05) is 13.7 Å². The van der Waals surface area contributed by atoms with Crippen LogP contribution in [0.5, 0.6) is 17.2 Å². The smallest absolute Gasteiger partial charge is 0.215 e. The highest BCUT2D eigenvalue weighted by Gasteiger charge is 2.29. The molecule has 2 aromatic carbocycles. The molecule has 0 amide bonds. The van der Waals surface area contributed by atoms with Crippen molar-refractivity contribution in [1.82, 2.24) is 9.97 Å². The van der Waals surface area contributed by atoms with Crippen molar-refractivity contribution < 1.29 is 27.8 Å². The number of rotatable bonds is 7. The number of nitrogens with zero attached hydrogens (tertiary/aromatic N) is 3. The molecule has 1 aliphatic heterocycles. The summed E-state index contributed by atoms with van der Waals surface area (Å²) in [5, 5.41) is 0. The van der Waals surface area contributed by atoms with Crippen LogP contribution in [0.4, 0.5) is 8.78 Å². The number of ether oxygens (including phenoxy) is 2. The Labute approximate surface area is 216 Å². The average molecular weight is 514 g/mol. The normalized spacial score (nSPS) is 13.5. The van der Waals surface area contributed by atoms with Crippen LogP contribution in [-0.4, -0.2) is 40.9 Å². The zero-order valence-corrected chi connectivity index (χ0v) is 20.5. The molecule has 0 aliphatic carbocycles. The van der Waals surface area contributed by atoms with Gasteiger partial charge in [0.1, 0.15) is 22.8 Å². The van der Waals surface area contributed by atoms with Crippen LogP contribution >= 0.6 is 0 Å². The van der Waals surface area contributed by atoms with Gasteiger partial charge in [-0.1, -0.05) is 18.2 Å². The third-order valence-corrected chi connectivity index (χ3v) is 6.07. The van der Waals surface area contributed by atoms with Gasteiger partial charge >= 0.3 is 0 Å². The minimum atomic E-state index is -0.687. The van der Waals surface area contributed by atoms with Crippen molar-refractivity contribution in [3.05, 3.63) is 95.3 Å². The zero-order chi connectivity index (χ0) is 26.8. The van der Waals surface area contributed by atoms with Crippen LogP contribution in [0.3, 0.4) is 0 Å². The number of carbonyl (C=O) groups is 2. The molecular weight excluding hydrogens is 492 g/mol. The number of carbonyl (C=O) groups excluding carboxylic acids is 2. The van der Waals surface area contributed by atoms with E-state index in [4.69, 9.17) is 9.47 Å². The average Bonchev–Trinajstić information content (AvgIpc) is 2.91. The van der Waals surface area contributed by atoms with Crippen molar-refractivity contribution >= 4 is 33.9 Å². The molecule has 0 saturated heterocycles. The van der Waals surface area contributed by atoms with Gasteiger partial charge in [-0.2, -0.15) is 0 Å². The zero-order valence-electron chi connectivity index (χ0n) is 20.5. The summed E-state index contributed by atoms with van der Waals surface area (Å²) in [7, 11) is 1.52. The second-order valence-corrected chi connectivity index (χ2v) is 8.67. The quantitative estimate of drug-likeness (QED) is 0.332. The molecule has 190 valence electrons. The lowest BCUT2D eigenvalue weighted by atomic mass is 9.89. The maximum atomic E-state index is 15.0. The van der Waals surface area contributed by atoms with Crippen molar-refractivity contribution in [3.63, 3.8) is 0 Å². The van der Waals surface area contributed by atoms with Crippen LogP contribution < -0.4 is 9.47 Å². The van der Waals surface area contributed by atoms with Crippen molar-refractivity contribution in [2.45, 2.75) is 13.3 Å². The lowest BCUT2D eigenvalue weighted by Crippen LogP contribution is -2.30. The highest BCUT2D eigenvalue weighted by atomic mass is 19.1. The number of pyridine rings is 2. The van der Waals surface area contributed by atoms with Gasteiger partial charge in [0.15, 0.2) is 23.1 Å². The van der Waals surface area contributed by atoms with Gasteiger partial charge in [0.05, 0.1) is 25.4 Å². The highest BCUT2D eigenvalue weighted by molar-refractivity contribution is 6.74. The second-order valence-electron chi connectivity index (χ2n) is 8.67. The maximum Gasteiger partial charge on any atom is 0.215 e. The second kappa shape index (κ2) is 10.3. The lowest BCUT2D eigenvalue weighted by Gasteiger charge is -2.17. The van der Waals surface area contributed by atoms with E-state index in [1.807, 2.05) is 0 Å². The van der Waals surface area contributed by atoms with Crippen molar-refractivity contribution in [2.24, 2.45) is 4.99 Å². The fourth-order valence-electron chi connectivity index (χ4n) is 4.18. The number of aliphatic imine (C=N–C) groups is 1. The largest absolute Gasteiger partial charge is 0.495 e. The van der Waals surface area contributed by atoms with Crippen LogP contribution in [0.1, 0.15) is 18.1 Å². The van der Waals surface area contributed by atoms with E-state index in [0.717, 1.165) is 0 Å². The summed E-state index contributed by atoms with van der Waals surface area (Å²) in [5.74, 6) is -1.41. The molecule has 4 aromatic rings. The number of methoxy groups -OCH3 is 1. The Hall–Kier alpha value is -4.79. The van der Waals surface area contributed by atoms with Crippen molar-refractivity contribution in [3.8, 4) is 17.2 Å². The molecule has 2 aromatic heterocycles. The SMILES string of the molecule is COc1cnc2c(Oc3ccc(CC(=O)C4=NCC(C)=C(c5ccc(F)cc5)C4=O)cc3F)ccnc2c1. The molecule has 0 spiro atoms. The Kier molecular flexibility index (Phi) is 6.74. The molecule has 5 rings (SSSR count). The van der Waals surface area contributed by atoms with E-state index in [1.165, 1.54) is 55.9 Å². The summed E-state index contributed by atoms with van der Waals surface area (Å²) in [6.07, 6.45) is 2.80. The first-order valence-electron chi connectivity index (χ1n) is 11.7. The lowest BCUT2D eigenvalue weighted by molar-refractivity contribution is -0.114. The van der Waals surface area contributed by atoms with E-state index in [9.17, 15) is 18.4 Å². The predicted molar refractivity (Wildman–Crippen MR) is 138 cm³/mol. The minimum Gasteiger partial charge on any atom is -0.495 e. The molecule has 0 N–H and O–H groups in total. The molecule has 0 unspecified atom stereocenters. The molecule has 9 heteroatoms. The first-order valence-corrected chi connectivity index (χ1v) is 11.7. The van der Waals surface area contributed by atoms with E-state index in [-0.39, 0.29) is 24.4 Å². The Balaban J connectivity index is 1.33. The number of benzene rings is 2. The molecule has 3 heterocycles. The van der Waals surface area contributed by atoms with E-state index in [0.29, 0.717) is 44.8 Å². The number of hydrogen-bond donors (Lipinski definition) is 0. The van der Waals surface area contributed by atoms with E-state index >= 15 is 0 Å². The molecule has 0 bridgehead atoms. The van der Waals surface area contributed by atoms with Crippen LogP contribution in [0.2, 0.25) is 0 Å². The molecule has 0 fully saturated rings. The Bertz CT molecular complexity index is 1650. The fraction of sp³-hybridized carbons (Fsp3) is 0.138. The number of dihydropyridines is 1. The van der Waals surface area contributed by atoms with Crippen LogP contribution in [0.25, 0.3) is 16.6 Å². The van der Waals surface area contributed by atoms with Crippen LogP contribution in [0, 0.1) is 11.6 Å². The Morgan fingerprint density at radius 3 is 2.53 bits per heavy atom. The van der Waals surface area contributed by atoms with Gasteiger partial charge in [0.25, 0.3) is 0 Å². The number of Topliss-reactive ketones (excluding diaryl/α,β-unsaturated/α-hetero) is 2. The monoisotopic (exact) mass is 513 g/mol. The van der Waals surface area contributed by atoms with Gasteiger partial charge in [-0.05, 0) is 47.9 Å². The number of ketones is 2. The summed E-state index contributed by atoms with van der Waals surface area (Å²) in [4.78, 5) is 38.8. The number of allylic oxidation sites excluding steroid dienone is 1. The van der Waals surface area contributed by atoms with Gasteiger partial charge in [0, 0.05) is 30.3 Å². The predicted octanol–water partition coefficient (Wildman–Crippen LogP) is 5.32. The first kappa shape index (κ1) is 24.9. The summed E-state index contributed by atoms with van der Waals surface area (Å²) in [5.41, 5.74) is 2.62. The topological polar surface area (TPSA) is 90.7 Å². The molecule has 0 saturated carbocycles.